The third-order valence-corrected chi connectivity index (χ3v) is 4.14. The lowest BCUT2D eigenvalue weighted by Gasteiger charge is -2.22. The molecule has 0 atom stereocenters. The van der Waals surface area contributed by atoms with Crippen molar-refractivity contribution in [2.75, 3.05) is 23.4 Å². The molecule has 0 aliphatic rings. The van der Waals surface area contributed by atoms with Gasteiger partial charge in [-0.3, -0.25) is 4.79 Å². The van der Waals surface area contributed by atoms with Crippen LogP contribution in [0, 0.1) is 6.92 Å². The maximum Gasteiger partial charge on any atom is 0.274 e. The summed E-state index contributed by atoms with van der Waals surface area (Å²) in [5.74, 6) is 1.73. The van der Waals surface area contributed by atoms with Crippen LogP contribution in [0.3, 0.4) is 0 Å². The Hall–Kier alpha value is -3.41. The number of anilines is 3. The smallest absolute Gasteiger partial charge is 0.274 e. The van der Waals surface area contributed by atoms with Crippen LogP contribution in [-0.4, -0.2) is 29.0 Å². The molecule has 0 spiro atoms. The zero-order valence-corrected chi connectivity index (χ0v) is 16.3. The highest BCUT2D eigenvalue weighted by atomic mass is 16.5. The van der Waals surface area contributed by atoms with E-state index in [1.807, 2.05) is 61.2 Å². The second kappa shape index (κ2) is 8.99. The molecule has 144 valence electrons. The summed E-state index contributed by atoms with van der Waals surface area (Å²) >= 11 is 0. The van der Waals surface area contributed by atoms with Crippen LogP contribution in [0.25, 0.3) is 0 Å². The van der Waals surface area contributed by atoms with Crippen LogP contribution in [0.2, 0.25) is 0 Å². The molecule has 0 aliphatic carbocycles. The molecule has 6 heteroatoms. The highest BCUT2D eigenvalue weighted by Crippen LogP contribution is 2.24. The molecule has 0 radical (unpaired) electrons. The summed E-state index contributed by atoms with van der Waals surface area (Å²) in [7, 11) is 0. The Balaban J connectivity index is 1.83. The van der Waals surface area contributed by atoms with Crippen molar-refractivity contribution >= 4 is 23.1 Å². The Bertz CT molecular complexity index is 927. The van der Waals surface area contributed by atoms with Gasteiger partial charge in [0.2, 0.25) is 0 Å². The Morgan fingerprint density at radius 3 is 2.39 bits per heavy atom. The Morgan fingerprint density at radius 2 is 1.75 bits per heavy atom. The predicted octanol–water partition coefficient (Wildman–Crippen LogP) is 4.59. The maximum absolute atomic E-state index is 12.7. The number of benzene rings is 2. The second-order valence-electron chi connectivity index (χ2n) is 6.15. The van der Waals surface area contributed by atoms with Crippen LogP contribution < -0.4 is 15.0 Å². The molecule has 0 saturated heterocycles. The van der Waals surface area contributed by atoms with Gasteiger partial charge in [-0.05, 0) is 57.2 Å². The third-order valence-electron chi connectivity index (χ3n) is 4.14. The van der Waals surface area contributed by atoms with E-state index in [2.05, 4.69) is 15.3 Å². The number of ether oxygens (including phenoxy) is 1. The maximum atomic E-state index is 12.7. The Morgan fingerprint density at radius 1 is 1.04 bits per heavy atom. The first kappa shape index (κ1) is 19.4. The number of aromatic nitrogens is 2. The zero-order chi connectivity index (χ0) is 19.9. The van der Waals surface area contributed by atoms with Crippen molar-refractivity contribution in [2.24, 2.45) is 0 Å². The van der Waals surface area contributed by atoms with Gasteiger partial charge in [0, 0.05) is 24.0 Å². The van der Waals surface area contributed by atoms with Crippen molar-refractivity contribution in [3.63, 3.8) is 0 Å². The fraction of sp³-hybridized carbons (Fsp3) is 0.227. The first-order chi connectivity index (χ1) is 13.6. The topological polar surface area (TPSA) is 67.3 Å². The number of hydrogen-bond acceptors (Lipinski definition) is 5. The van der Waals surface area contributed by atoms with Gasteiger partial charge in [0.05, 0.1) is 6.61 Å². The quantitative estimate of drug-likeness (QED) is 0.653. The molecule has 2 aromatic carbocycles. The van der Waals surface area contributed by atoms with E-state index >= 15 is 0 Å². The lowest BCUT2D eigenvalue weighted by molar-refractivity contribution is 0.102. The molecular weight excluding hydrogens is 352 g/mol. The van der Waals surface area contributed by atoms with Crippen molar-refractivity contribution in [1.29, 1.82) is 0 Å². The number of hydrogen-bond donors (Lipinski definition) is 1. The molecule has 3 rings (SSSR count). The number of carbonyl (C=O) groups excluding carboxylic acids is 1. The number of carbonyl (C=O) groups is 1. The molecule has 3 aromatic rings. The molecule has 28 heavy (non-hydrogen) atoms. The molecule has 6 nitrogen and oxygen atoms in total. The number of nitrogens with one attached hydrogen (secondary N) is 1. The van der Waals surface area contributed by atoms with Gasteiger partial charge in [-0.15, -0.1) is 0 Å². The molecule has 0 fully saturated rings. The molecule has 0 saturated carbocycles. The van der Waals surface area contributed by atoms with Gasteiger partial charge in [-0.2, -0.15) is 0 Å². The molecule has 1 amide bonds. The monoisotopic (exact) mass is 376 g/mol. The van der Waals surface area contributed by atoms with Gasteiger partial charge < -0.3 is 15.0 Å². The summed E-state index contributed by atoms with van der Waals surface area (Å²) in [6.45, 7) is 7.09. The number of amides is 1. The van der Waals surface area contributed by atoms with Crippen molar-refractivity contribution in [3.05, 3.63) is 72.2 Å². The van der Waals surface area contributed by atoms with E-state index in [9.17, 15) is 4.79 Å². The van der Waals surface area contributed by atoms with Crippen LogP contribution in [-0.2, 0) is 0 Å². The van der Waals surface area contributed by atoms with Crippen LogP contribution in [0.1, 0.15) is 30.2 Å². The van der Waals surface area contributed by atoms with Gasteiger partial charge in [0.1, 0.15) is 23.1 Å². The molecular formula is C22H24N4O2. The van der Waals surface area contributed by atoms with E-state index in [-0.39, 0.29) is 5.91 Å². The first-order valence-corrected chi connectivity index (χ1v) is 9.33. The molecule has 0 aliphatic heterocycles. The molecule has 1 aromatic heterocycles. The van der Waals surface area contributed by atoms with Gasteiger partial charge in [-0.1, -0.05) is 18.2 Å². The molecule has 1 heterocycles. The minimum absolute atomic E-state index is 0.278. The summed E-state index contributed by atoms with van der Waals surface area (Å²) in [5, 5.41) is 2.88. The van der Waals surface area contributed by atoms with Gasteiger partial charge >= 0.3 is 0 Å². The number of nitrogens with zero attached hydrogens (tertiary/aromatic N) is 3. The zero-order valence-electron chi connectivity index (χ0n) is 16.3. The van der Waals surface area contributed by atoms with E-state index in [1.54, 1.807) is 25.1 Å². The van der Waals surface area contributed by atoms with Crippen LogP contribution >= 0.6 is 0 Å². The first-order valence-electron chi connectivity index (χ1n) is 9.33. The van der Waals surface area contributed by atoms with Crippen LogP contribution in [0.4, 0.5) is 17.2 Å². The minimum atomic E-state index is -0.278. The van der Waals surface area contributed by atoms with Gasteiger partial charge in [0.25, 0.3) is 5.91 Å². The van der Waals surface area contributed by atoms with E-state index in [4.69, 9.17) is 4.74 Å². The van der Waals surface area contributed by atoms with Crippen molar-refractivity contribution in [2.45, 2.75) is 20.8 Å². The fourth-order valence-electron chi connectivity index (χ4n) is 2.89. The van der Waals surface area contributed by atoms with Gasteiger partial charge in [-0.25, -0.2) is 9.97 Å². The van der Waals surface area contributed by atoms with E-state index in [1.165, 1.54) is 0 Å². The Kier molecular flexibility index (Phi) is 6.22. The summed E-state index contributed by atoms with van der Waals surface area (Å²) in [6.07, 6.45) is 0. The van der Waals surface area contributed by atoms with Crippen molar-refractivity contribution in [1.82, 2.24) is 9.97 Å². The highest BCUT2D eigenvalue weighted by Gasteiger charge is 2.15. The highest BCUT2D eigenvalue weighted by molar-refractivity contribution is 6.03. The summed E-state index contributed by atoms with van der Waals surface area (Å²) < 4.78 is 5.42. The van der Waals surface area contributed by atoms with E-state index in [0.29, 0.717) is 29.6 Å². The van der Waals surface area contributed by atoms with Crippen molar-refractivity contribution in [3.8, 4) is 5.75 Å². The lowest BCUT2D eigenvalue weighted by atomic mass is 10.2. The largest absolute Gasteiger partial charge is 0.494 e. The molecule has 1 N–H and O–H groups in total. The molecule has 0 unspecified atom stereocenters. The predicted molar refractivity (Wildman–Crippen MR) is 111 cm³/mol. The fourth-order valence-corrected chi connectivity index (χ4v) is 2.89. The normalized spacial score (nSPS) is 10.4. The van der Waals surface area contributed by atoms with Crippen LogP contribution in [0.5, 0.6) is 5.75 Å². The average Bonchev–Trinajstić information content (AvgIpc) is 2.71. The lowest BCUT2D eigenvalue weighted by Crippen LogP contribution is -2.21. The standard InChI is InChI=1S/C22H24N4O2/c1-4-26(18-9-7-6-8-10-18)21-15-20(23-16(3)24-21)22(27)25-17-11-13-19(14-12-17)28-5-2/h6-15H,4-5H2,1-3H3,(H,25,27). The Labute approximate surface area is 165 Å². The number of para-hydroxylation sites is 1. The summed E-state index contributed by atoms with van der Waals surface area (Å²) in [5.41, 5.74) is 2.02. The van der Waals surface area contributed by atoms with Crippen LogP contribution in [0.15, 0.2) is 60.7 Å². The average molecular weight is 376 g/mol. The molecule has 0 bridgehead atoms. The third kappa shape index (κ3) is 4.65. The van der Waals surface area contributed by atoms with E-state index < -0.39 is 0 Å². The second-order valence-corrected chi connectivity index (χ2v) is 6.15. The van der Waals surface area contributed by atoms with Crippen molar-refractivity contribution < 1.29 is 9.53 Å². The van der Waals surface area contributed by atoms with Gasteiger partial charge in [0.15, 0.2) is 0 Å². The summed E-state index contributed by atoms with van der Waals surface area (Å²) in [6, 6.07) is 18.9. The van der Waals surface area contributed by atoms with E-state index in [0.717, 1.165) is 18.0 Å². The SMILES string of the molecule is CCOc1ccc(NC(=O)c2cc(N(CC)c3ccccc3)nc(C)n2)cc1. The number of rotatable bonds is 7. The summed E-state index contributed by atoms with van der Waals surface area (Å²) in [4.78, 5) is 23.6. The number of aryl methyl sites for hydroxylation is 1. The minimum Gasteiger partial charge on any atom is -0.494 e.